The first-order valence-electron chi connectivity index (χ1n) is 7.37. The van der Waals surface area contributed by atoms with Crippen LogP contribution in [0.25, 0.3) is 0 Å². The molecule has 0 aliphatic carbocycles. The van der Waals surface area contributed by atoms with Crippen LogP contribution in [0.3, 0.4) is 0 Å². The quantitative estimate of drug-likeness (QED) is 0.835. The van der Waals surface area contributed by atoms with Gasteiger partial charge in [0, 0.05) is 18.1 Å². The number of likely N-dealkylation sites (N-methyl/N-ethyl adjacent to an activating group) is 1. The number of rotatable bonds is 7. The Morgan fingerprint density at radius 3 is 2.18 bits per heavy atom. The van der Waals surface area contributed by atoms with Crippen LogP contribution in [0.5, 0.6) is 0 Å². The van der Waals surface area contributed by atoms with Gasteiger partial charge in [0.05, 0.1) is 5.56 Å². The van der Waals surface area contributed by atoms with Crippen molar-refractivity contribution >= 4 is 17.6 Å². The summed E-state index contributed by atoms with van der Waals surface area (Å²) in [6, 6.07) is 15.0. The minimum atomic E-state index is -0.887. The number of halogens is 1. The van der Waals surface area contributed by atoms with Gasteiger partial charge in [0.2, 0.25) is 0 Å². The molecule has 0 saturated heterocycles. The van der Waals surface area contributed by atoms with E-state index in [1.807, 2.05) is 24.3 Å². The minimum absolute atomic E-state index is 0.327. The van der Waals surface area contributed by atoms with Crippen molar-refractivity contribution in [1.29, 1.82) is 0 Å². The fraction of sp³-hybridized carbons (Fsp3) is 0.278. The molecular weight excluding hydrogens is 298 g/mol. The SMILES string of the molecule is CCN(CCc1ccc(Cl)cc1)Cc1ccc(C(=O)O)cc1. The maximum atomic E-state index is 10.9. The Morgan fingerprint density at radius 2 is 1.64 bits per heavy atom. The summed E-state index contributed by atoms with van der Waals surface area (Å²) in [7, 11) is 0. The molecule has 2 rings (SSSR count). The van der Waals surface area contributed by atoms with Crippen molar-refractivity contribution in [2.45, 2.75) is 19.9 Å². The predicted molar refractivity (Wildman–Crippen MR) is 89.5 cm³/mol. The number of hydrogen-bond acceptors (Lipinski definition) is 2. The van der Waals surface area contributed by atoms with Crippen LogP contribution < -0.4 is 0 Å². The maximum absolute atomic E-state index is 10.9. The van der Waals surface area contributed by atoms with E-state index in [0.717, 1.165) is 36.6 Å². The third-order valence-corrected chi connectivity index (χ3v) is 3.94. The summed E-state index contributed by atoms with van der Waals surface area (Å²) >= 11 is 5.89. The van der Waals surface area contributed by atoms with Gasteiger partial charge in [-0.3, -0.25) is 4.90 Å². The lowest BCUT2D eigenvalue weighted by molar-refractivity contribution is 0.0697. The highest BCUT2D eigenvalue weighted by Crippen LogP contribution is 2.12. The molecule has 4 heteroatoms. The third-order valence-electron chi connectivity index (χ3n) is 3.68. The number of nitrogens with zero attached hydrogens (tertiary/aromatic N) is 1. The van der Waals surface area contributed by atoms with E-state index >= 15 is 0 Å². The van der Waals surface area contributed by atoms with Gasteiger partial charge in [0.1, 0.15) is 0 Å². The Kier molecular flexibility index (Phi) is 5.99. The summed E-state index contributed by atoms with van der Waals surface area (Å²) in [6.07, 6.45) is 0.970. The van der Waals surface area contributed by atoms with E-state index in [0.29, 0.717) is 5.56 Å². The Morgan fingerprint density at radius 1 is 1.05 bits per heavy atom. The van der Waals surface area contributed by atoms with Gasteiger partial charge in [-0.25, -0.2) is 4.79 Å². The van der Waals surface area contributed by atoms with E-state index in [1.54, 1.807) is 12.1 Å². The highest BCUT2D eigenvalue weighted by Gasteiger charge is 2.06. The molecule has 1 N–H and O–H groups in total. The smallest absolute Gasteiger partial charge is 0.335 e. The van der Waals surface area contributed by atoms with E-state index < -0.39 is 5.97 Å². The molecule has 0 spiro atoms. The predicted octanol–water partition coefficient (Wildman–Crippen LogP) is 4.10. The zero-order valence-electron chi connectivity index (χ0n) is 12.6. The third kappa shape index (κ3) is 4.86. The second kappa shape index (κ2) is 7.97. The summed E-state index contributed by atoms with van der Waals surface area (Å²) in [5.74, 6) is -0.887. The van der Waals surface area contributed by atoms with E-state index in [4.69, 9.17) is 16.7 Å². The summed E-state index contributed by atoms with van der Waals surface area (Å²) in [6.45, 7) is 4.87. The molecule has 0 saturated carbocycles. The first kappa shape index (κ1) is 16.5. The van der Waals surface area contributed by atoms with Crippen LogP contribution in [0, 0.1) is 0 Å². The molecule has 2 aromatic carbocycles. The van der Waals surface area contributed by atoms with Crippen LogP contribution in [0.4, 0.5) is 0 Å². The summed E-state index contributed by atoms with van der Waals surface area (Å²) in [5.41, 5.74) is 2.72. The number of carboxylic acid groups (broad SMARTS) is 1. The summed E-state index contributed by atoms with van der Waals surface area (Å²) in [4.78, 5) is 13.2. The van der Waals surface area contributed by atoms with Crippen molar-refractivity contribution in [2.75, 3.05) is 13.1 Å². The topological polar surface area (TPSA) is 40.5 Å². The molecule has 0 bridgehead atoms. The lowest BCUT2D eigenvalue weighted by Gasteiger charge is -2.20. The molecule has 0 heterocycles. The average Bonchev–Trinajstić information content (AvgIpc) is 2.53. The molecule has 0 amide bonds. The molecule has 3 nitrogen and oxygen atoms in total. The van der Waals surface area contributed by atoms with E-state index in [9.17, 15) is 4.79 Å². The highest BCUT2D eigenvalue weighted by molar-refractivity contribution is 6.30. The first-order chi connectivity index (χ1) is 10.6. The van der Waals surface area contributed by atoms with E-state index in [-0.39, 0.29) is 0 Å². The van der Waals surface area contributed by atoms with Crippen molar-refractivity contribution < 1.29 is 9.90 Å². The van der Waals surface area contributed by atoms with Gasteiger partial charge in [-0.05, 0) is 48.4 Å². The minimum Gasteiger partial charge on any atom is -0.478 e. The molecule has 22 heavy (non-hydrogen) atoms. The molecule has 0 radical (unpaired) electrons. The molecule has 116 valence electrons. The molecule has 0 unspecified atom stereocenters. The second-order valence-electron chi connectivity index (χ2n) is 5.25. The zero-order chi connectivity index (χ0) is 15.9. The van der Waals surface area contributed by atoms with Crippen LogP contribution in [0.2, 0.25) is 5.02 Å². The number of benzene rings is 2. The molecule has 0 aliphatic heterocycles. The van der Waals surface area contributed by atoms with Gasteiger partial charge in [-0.1, -0.05) is 42.8 Å². The molecular formula is C18H20ClNO2. The molecule has 0 fully saturated rings. The van der Waals surface area contributed by atoms with Crippen LogP contribution in [-0.2, 0) is 13.0 Å². The molecule has 0 aliphatic rings. The Labute approximate surface area is 136 Å². The monoisotopic (exact) mass is 317 g/mol. The number of carboxylic acids is 1. The van der Waals surface area contributed by atoms with Gasteiger partial charge in [0.25, 0.3) is 0 Å². The van der Waals surface area contributed by atoms with Crippen LogP contribution in [0.15, 0.2) is 48.5 Å². The van der Waals surface area contributed by atoms with E-state index in [2.05, 4.69) is 24.0 Å². The largest absolute Gasteiger partial charge is 0.478 e. The number of carbonyl (C=O) groups is 1. The van der Waals surface area contributed by atoms with Gasteiger partial charge >= 0.3 is 5.97 Å². The van der Waals surface area contributed by atoms with Crippen LogP contribution >= 0.6 is 11.6 Å². The summed E-state index contributed by atoms with van der Waals surface area (Å²) in [5, 5.41) is 9.67. The Bertz CT molecular complexity index is 608. The Balaban J connectivity index is 1.91. The summed E-state index contributed by atoms with van der Waals surface area (Å²) < 4.78 is 0. The number of hydrogen-bond donors (Lipinski definition) is 1. The van der Waals surface area contributed by atoms with Gasteiger partial charge < -0.3 is 5.11 Å². The fourth-order valence-corrected chi connectivity index (χ4v) is 2.42. The standard InChI is InChI=1S/C18H20ClNO2/c1-2-20(12-11-14-5-9-17(19)10-6-14)13-15-3-7-16(8-4-15)18(21)22/h3-10H,2,11-13H2,1H3,(H,21,22). The number of aromatic carboxylic acids is 1. The van der Waals surface area contributed by atoms with Gasteiger partial charge in [-0.2, -0.15) is 0 Å². The molecule has 0 aromatic heterocycles. The Hall–Kier alpha value is -1.84. The van der Waals surface area contributed by atoms with Crippen LogP contribution in [-0.4, -0.2) is 29.1 Å². The van der Waals surface area contributed by atoms with Crippen molar-refractivity contribution in [1.82, 2.24) is 4.90 Å². The van der Waals surface area contributed by atoms with Gasteiger partial charge in [-0.15, -0.1) is 0 Å². The van der Waals surface area contributed by atoms with Crippen molar-refractivity contribution in [3.63, 3.8) is 0 Å². The molecule has 2 aromatic rings. The maximum Gasteiger partial charge on any atom is 0.335 e. The fourth-order valence-electron chi connectivity index (χ4n) is 2.30. The second-order valence-corrected chi connectivity index (χ2v) is 5.68. The average molecular weight is 318 g/mol. The van der Waals surface area contributed by atoms with Crippen LogP contribution in [0.1, 0.15) is 28.4 Å². The normalized spacial score (nSPS) is 10.9. The van der Waals surface area contributed by atoms with E-state index in [1.165, 1.54) is 5.56 Å². The zero-order valence-corrected chi connectivity index (χ0v) is 13.4. The molecule has 0 atom stereocenters. The van der Waals surface area contributed by atoms with Crippen molar-refractivity contribution in [3.05, 3.63) is 70.2 Å². The van der Waals surface area contributed by atoms with Gasteiger partial charge in [0.15, 0.2) is 0 Å². The van der Waals surface area contributed by atoms with Crippen molar-refractivity contribution in [3.8, 4) is 0 Å². The lowest BCUT2D eigenvalue weighted by atomic mass is 10.1. The lowest BCUT2D eigenvalue weighted by Crippen LogP contribution is -2.25. The first-order valence-corrected chi connectivity index (χ1v) is 7.75. The highest BCUT2D eigenvalue weighted by atomic mass is 35.5. The van der Waals surface area contributed by atoms with Crippen molar-refractivity contribution in [2.24, 2.45) is 0 Å².